The van der Waals surface area contributed by atoms with Gasteiger partial charge in [-0.2, -0.15) is 0 Å². The number of hydrogen-bond donors (Lipinski definition) is 1. The van der Waals surface area contributed by atoms with Gasteiger partial charge in [0.25, 0.3) is 0 Å². The Balaban J connectivity index is 2.43. The summed E-state index contributed by atoms with van der Waals surface area (Å²) in [5, 5.41) is 3.39. The molecule has 2 aromatic rings. The van der Waals surface area contributed by atoms with Gasteiger partial charge < -0.3 is 5.32 Å². The van der Waals surface area contributed by atoms with Crippen molar-refractivity contribution in [1.29, 1.82) is 0 Å². The van der Waals surface area contributed by atoms with Crippen molar-refractivity contribution in [2.75, 3.05) is 6.54 Å². The monoisotopic (exact) mass is 244 g/mol. The molecular weight excluding hydrogens is 227 g/mol. The minimum atomic E-state index is -0.206. The largest absolute Gasteiger partial charge is 0.307 e. The number of aryl methyl sites for hydroxylation is 1. The summed E-state index contributed by atoms with van der Waals surface area (Å²) in [5.41, 5.74) is 3.18. The second kappa shape index (κ2) is 5.74. The van der Waals surface area contributed by atoms with Gasteiger partial charge in [-0.05, 0) is 48.4 Å². The van der Waals surface area contributed by atoms with Gasteiger partial charge >= 0.3 is 0 Å². The predicted octanol–water partition coefficient (Wildman–Crippen LogP) is 3.23. The van der Waals surface area contributed by atoms with Crippen LogP contribution in [0.15, 0.2) is 42.7 Å². The molecule has 18 heavy (non-hydrogen) atoms. The standard InChI is InChI=1S/C15H17FN2/c1-3-18-15(12-5-4-6-13(16)9-12)14-7-8-17-10-11(14)2/h4-10,15,18H,3H2,1-2H3. The van der Waals surface area contributed by atoms with Gasteiger partial charge in [0.15, 0.2) is 0 Å². The molecule has 0 aliphatic heterocycles. The Bertz CT molecular complexity index is 525. The van der Waals surface area contributed by atoms with Crippen molar-refractivity contribution in [3.05, 3.63) is 65.2 Å². The molecule has 1 heterocycles. The number of nitrogens with zero attached hydrogens (tertiary/aromatic N) is 1. The maximum absolute atomic E-state index is 13.3. The molecule has 0 aliphatic carbocycles. The van der Waals surface area contributed by atoms with Crippen LogP contribution >= 0.6 is 0 Å². The molecule has 1 aromatic carbocycles. The zero-order valence-corrected chi connectivity index (χ0v) is 10.7. The first kappa shape index (κ1) is 12.7. The number of benzene rings is 1. The Morgan fingerprint density at radius 2 is 2.17 bits per heavy atom. The number of nitrogens with one attached hydrogen (secondary N) is 1. The SMILES string of the molecule is CCNC(c1cccc(F)c1)c1ccncc1C. The van der Waals surface area contributed by atoms with Crippen LogP contribution in [0.2, 0.25) is 0 Å². The summed E-state index contributed by atoms with van der Waals surface area (Å²) < 4.78 is 13.3. The Kier molecular flexibility index (Phi) is 4.05. The summed E-state index contributed by atoms with van der Waals surface area (Å²) in [5.74, 6) is -0.206. The smallest absolute Gasteiger partial charge is 0.123 e. The van der Waals surface area contributed by atoms with E-state index in [1.807, 2.05) is 32.2 Å². The zero-order valence-electron chi connectivity index (χ0n) is 10.7. The fourth-order valence-corrected chi connectivity index (χ4v) is 2.11. The normalized spacial score (nSPS) is 12.4. The van der Waals surface area contributed by atoms with Crippen molar-refractivity contribution in [2.45, 2.75) is 19.9 Å². The van der Waals surface area contributed by atoms with E-state index in [9.17, 15) is 4.39 Å². The van der Waals surface area contributed by atoms with E-state index in [1.54, 1.807) is 18.3 Å². The summed E-state index contributed by atoms with van der Waals surface area (Å²) in [6.45, 7) is 4.89. The van der Waals surface area contributed by atoms with Crippen molar-refractivity contribution >= 4 is 0 Å². The summed E-state index contributed by atoms with van der Waals surface area (Å²) in [6.07, 6.45) is 3.60. The number of rotatable bonds is 4. The van der Waals surface area contributed by atoms with E-state index in [1.165, 1.54) is 6.07 Å². The maximum Gasteiger partial charge on any atom is 0.123 e. The van der Waals surface area contributed by atoms with E-state index < -0.39 is 0 Å². The van der Waals surface area contributed by atoms with Crippen LogP contribution in [-0.4, -0.2) is 11.5 Å². The van der Waals surface area contributed by atoms with Gasteiger partial charge in [0.2, 0.25) is 0 Å². The molecule has 0 saturated carbocycles. The average molecular weight is 244 g/mol. The summed E-state index contributed by atoms with van der Waals surface area (Å²) in [4.78, 5) is 4.10. The van der Waals surface area contributed by atoms with Gasteiger partial charge in [-0.3, -0.25) is 4.98 Å². The lowest BCUT2D eigenvalue weighted by atomic mass is 9.96. The molecule has 0 amide bonds. The van der Waals surface area contributed by atoms with E-state index in [4.69, 9.17) is 0 Å². The molecule has 1 atom stereocenters. The predicted molar refractivity (Wildman–Crippen MR) is 70.9 cm³/mol. The van der Waals surface area contributed by atoms with Gasteiger partial charge in [-0.15, -0.1) is 0 Å². The second-order valence-corrected chi connectivity index (χ2v) is 4.28. The Hall–Kier alpha value is -1.74. The van der Waals surface area contributed by atoms with Crippen LogP contribution < -0.4 is 5.32 Å². The summed E-state index contributed by atoms with van der Waals surface area (Å²) in [6, 6.07) is 8.71. The third-order valence-corrected chi connectivity index (χ3v) is 2.96. The summed E-state index contributed by atoms with van der Waals surface area (Å²) in [7, 11) is 0. The molecule has 0 spiro atoms. The van der Waals surface area contributed by atoms with Gasteiger partial charge in [0, 0.05) is 12.4 Å². The van der Waals surface area contributed by atoms with Crippen molar-refractivity contribution in [1.82, 2.24) is 10.3 Å². The quantitative estimate of drug-likeness (QED) is 0.893. The van der Waals surface area contributed by atoms with Crippen molar-refractivity contribution < 1.29 is 4.39 Å². The molecule has 2 rings (SSSR count). The van der Waals surface area contributed by atoms with E-state index in [0.29, 0.717) is 0 Å². The molecule has 1 N–H and O–H groups in total. The lowest BCUT2D eigenvalue weighted by Crippen LogP contribution is -2.23. The topological polar surface area (TPSA) is 24.9 Å². The van der Waals surface area contributed by atoms with Gasteiger partial charge in [0.05, 0.1) is 6.04 Å². The third-order valence-electron chi connectivity index (χ3n) is 2.96. The van der Waals surface area contributed by atoms with Crippen LogP contribution in [0.5, 0.6) is 0 Å². The van der Waals surface area contributed by atoms with Gasteiger partial charge in [-0.1, -0.05) is 19.1 Å². The fraction of sp³-hybridized carbons (Fsp3) is 0.267. The van der Waals surface area contributed by atoms with E-state index in [2.05, 4.69) is 10.3 Å². The highest BCUT2D eigenvalue weighted by atomic mass is 19.1. The van der Waals surface area contributed by atoms with Crippen LogP contribution in [0.25, 0.3) is 0 Å². The van der Waals surface area contributed by atoms with Crippen molar-refractivity contribution in [3.8, 4) is 0 Å². The van der Waals surface area contributed by atoms with Crippen LogP contribution in [0, 0.1) is 12.7 Å². The zero-order chi connectivity index (χ0) is 13.0. The maximum atomic E-state index is 13.3. The number of hydrogen-bond acceptors (Lipinski definition) is 2. The highest BCUT2D eigenvalue weighted by Gasteiger charge is 2.15. The molecule has 0 saturated heterocycles. The second-order valence-electron chi connectivity index (χ2n) is 4.28. The molecule has 2 nitrogen and oxygen atoms in total. The molecule has 0 bridgehead atoms. The molecule has 0 radical (unpaired) electrons. The van der Waals surface area contributed by atoms with E-state index in [-0.39, 0.29) is 11.9 Å². The first-order valence-corrected chi connectivity index (χ1v) is 6.11. The third kappa shape index (κ3) is 2.74. The Morgan fingerprint density at radius 1 is 1.33 bits per heavy atom. The average Bonchev–Trinajstić information content (AvgIpc) is 2.37. The van der Waals surface area contributed by atoms with Crippen LogP contribution in [-0.2, 0) is 0 Å². The molecule has 0 fully saturated rings. The molecule has 1 unspecified atom stereocenters. The number of pyridine rings is 1. The van der Waals surface area contributed by atoms with Crippen LogP contribution in [0.3, 0.4) is 0 Å². The molecule has 94 valence electrons. The van der Waals surface area contributed by atoms with Gasteiger partial charge in [0.1, 0.15) is 5.82 Å². The first-order chi connectivity index (χ1) is 8.72. The fourth-order valence-electron chi connectivity index (χ4n) is 2.11. The number of aromatic nitrogens is 1. The van der Waals surface area contributed by atoms with Crippen LogP contribution in [0.4, 0.5) is 4.39 Å². The first-order valence-electron chi connectivity index (χ1n) is 6.11. The van der Waals surface area contributed by atoms with E-state index in [0.717, 1.165) is 23.2 Å². The molecule has 0 aliphatic rings. The molecular formula is C15H17FN2. The van der Waals surface area contributed by atoms with Crippen molar-refractivity contribution in [3.63, 3.8) is 0 Å². The van der Waals surface area contributed by atoms with Crippen LogP contribution in [0.1, 0.15) is 29.7 Å². The lowest BCUT2D eigenvalue weighted by molar-refractivity contribution is 0.601. The number of halogens is 1. The Morgan fingerprint density at radius 3 is 2.83 bits per heavy atom. The highest BCUT2D eigenvalue weighted by molar-refractivity contribution is 5.35. The van der Waals surface area contributed by atoms with E-state index >= 15 is 0 Å². The highest BCUT2D eigenvalue weighted by Crippen LogP contribution is 2.24. The lowest BCUT2D eigenvalue weighted by Gasteiger charge is -2.20. The van der Waals surface area contributed by atoms with Gasteiger partial charge in [-0.25, -0.2) is 4.39 Å². The molecule has 3 heteroatoms. The minimum Gasteiger partial charge on any atom is -0.307 e. The Labute approximate surface area is 107 Å². The molecule has 1 aromatic heterocycles. The minimum absolute atomic E-state index is 0.00806. The summed E-state index contributed by atoms with van der Waals surface area (Å²) >= 11 is 0. The van der Waals surface area contributed by atoms with Crippen molar-refractivity contribution in [2.24, 2.45) is 0 Å².